The molecule has 1 fully saturated rings. The second-order valence-corrected chi connectivity index (χ2v) is 8.96. The monoisotopic (exact) mass is 569 g/mol. The molecule has 1 heterocycles. The van der Waals surface area contributed by atoms with Crippen molar-refractivity contribution in [3.8, 4) is 11.5 Å². The van der Waals surface area contributed by atoms with Crippen LogP contribution in [0.5, 0.6) is 11.5 Å². The summed E-state index contributed by atoms with van der Waals surface area (Å²) in [6.45, 7) is -0.155. The summed E-state index contributed by atoms with van der Waals surface area (Å²) in [6.07, 6.45) is 1.53. The SMILES string of the molecule is COc1ccccc1NC(=O)CN1C(=O)N/C(=C/c2ccc(OCc3ccccc3Cl)c(Br)c2)C1=O. The first-order valence-corrected chi connectivity index (χ1v) is 12.0. The Bertz CT molecular complexity index is 1360. The van der Waals surface area contributed by atoms with E-state index in [1.54, 1.807) is 48.5 Å². The fraction of sp³-hybridized carbons (Fsp3) is 0.115. The van der Waals surface area contributed by atoms with E-state index in [9.17, 15) is 14.4 Å². The Labute approximate surface area is 221 Å². The molecule has 10 heteroatoms. The maximum Gasteiger partial charge on any atom is 0.329 e. The van der Waals surface area contributed by atoms with Crippen molar-refractivity contribution in [3.05, 3.63) is 93.0 Å². The van der Waals surface area contributed by atoms with Crippen LogP contribution in [0.25, 0.3) is 6.08 Å². The van der Waals surface area contributed by atoms with Crippen molar-refractivity contribution >= 4 is 57.1 Å². The lowest BCUT2D eigenvalue weighted by atomic mass is 10.2. The van der Waals surface area contributed by atoms with Gasteiger partial charge >= 0.3 is 6.03 Å². The molecule has 3 aromatic carbocycles. The molecule has 1 saturated heterocycles. The molecule has 0 aliphatic carbocycles. The van der Waals surface area contributed by atoms with Crippen LogP contribution >= 0.6 is 27.5 Å². The van der Waals surface area contributed by atoms with E-state index in [2.05, 4.69) is 26.6 Å². The lowest BCUT2D eigenvalue weighted by Crippen LogP contribution is -2.38. The van der Waals surface area contributed by atoms with Gasteiger partial charge in [0.2, 0.25) is 5.91 Å². The number of ether oxygens (including phenoxy) is 2. The lowest BCUT2D eigenvalue weighted by Gasteiger charge is -2.13. The Kier molecular flexibility index (Phi) is 7.92. The topological polar surface area (TPSA) is 97.0 Å². The summed E-state index contributed by atoms with van der Waals surface area (Å²) in [6, 6.07) is 18.8. The van der Waals surface area contributed by atoms with Gasteiger partial charge in [-0.05, 0) is 57.9 Å². The number of hydrogen-bond acceptors (Lipinski definition) is 5. The molecule has 1 aliphatic rings. The summed E-state index contributed by atoms with van der Waals surface area (Å²) >= 11 is 9.64. The third-order valence-corrected chi connectivity index (χ3v) is 6.24. The van der Waals surface area contributed by atoms with Crippen LogP contribution in [0, 0.1) is 0 Å². The van der Waals surface area contributed by atoms with E-state index in [1.165, 1.54) is 13.2 Å². The molecule has 8 nitrogen and oxygen atoms in total. The summed E-state index contributed by atoms with van der Waals surface area (Å²) in [5.74, 6) is -0.0839. The zero-order valence-electron chi connectivity index (χ0n) is 19.1. The summed E-state index contributed by atoms with van der Waals surface area (Å²) in [5, 5.41) is 5.78. The third kappa shape index (κ3) is 5.87. The van der Waals surface area contributed by atoms with E-state index >= 15 is 0 Å². The number of carbonyl (C=O) groups excluding carboxylic acids is 3. The predicted molar refractivity (Wildman–Crippen MR) is 140 cm³/mol. The van der Waals surface area contributed by atoms with Crippen molar-refractivity contribution in [3.63, 3.8) is 0 Å². The molecule has 0 atom stereocenters. The number of nitrogens with one attached hydrogen (secondary N) is 2. The van der Waals surface area contributed by atoms with E-state index in [4.69, 9.17) is 21.1 Å². The zero-order chi connectivity index (χ0) is 25.7. The van der Waals surface area contributed by atoms with Crippen molar-refractivity contribution in [2.75, 3.05) is 19.0 Å². The molecule has 0 saturated carbocycles. The molecular weight excluding hydrogens is 550 g/mol. The van der Waals surface area contributed by atoms with E-state index in [1.807, 2.05) is 18.2 Å². The average molecular weight is 571 g/mol. The van der Waals surface area contributed by atoms with Crippen LogP contribution in [-0.4, -0.2) is 36.4 Å². The van der Waals surface area contributed by atoms with Crippen LogP contribution in [0.3, 0.4) is 0 Å². The average Bonchev–Trinajstić information content (AvgIpc) is 3.12. The first-order valence-electron chi connectivity index (χ1n) is 10.8. The fourth-order valence-electron chi connectivity index (χ4n) is 3.46. The molecule has 3 aromatic rings. The van der Waals surface area contributed by atoms with Gasteiger partial charge in [-0.1, -0.05) is 48.0 Å². The Hall–Kier alpha value is -3.82. The molecule has 0 aromatic heterocycles. The number of rotatable bonds is 8. The molecule has 0 radical (unpaired) electrons. The second kappa shape index (κ2) is 11.3. The summed E-state index contributed by atoms with van der Waals surface area (Å²) in [5.41, 5.74) is 2.00. The molecule has 2 N–H and O–H groups in total. The van der Waals surface area contributed by atoms with Gasteiger partial charge in [-0.3, -0.25) is 9.59 Å². The number of halogens is 2. The van der Waals surface area contributed by atoms with Gasteiger partial charge in [0, 0.05) is 10.6 Å². The van der Waals surface area contributed by atoms with Crippen LogP contribution in [0.15, 0.2) is 76.9 Å². The van der Waals surface area contributed by atoms with Crippen molar-refractivity contribution in [1.82, 2.24) is 10.2 Å². The molecule has 1 aliphatic heterocycles. The molecule has 184 valence electrons. The molecule has 36 heavy (non-hydrogen) atoms. The lowest BCUT2D eigenvalue weighted by molar-refractivity contribution is -0.127. The predicted octanol–water partition coefficient (Wildman–Crippen LogP) is 5.22. The minimum absolute atomic E-state index is 0.0572. The first-order chi connectivity index (χ1) is 17.4. The number of hydrogen-bond donors (Lipinski definition) is 2. The van der Waals surface area contributed by atoms with Crippen molar-refractivity contribution in [1.29, 1.82) is 0 Å². The fourth-order valence-corrected chi connectivity index (χ4v) is 4.16. The van der Waals surface area contributed by atoms with E-state index in [0.29, 0.717) is 38.9 Å². The van der Waals surface area contributed by atoms with Crippen LogP contribution in [0.2, 0.25) is 5.02 Å². The summed E-state index contributed by atoms with van der Waals surface area (Å²) < 4.78 is 11.7. The van der Waals surface area contributed by atoms with Gasteiger partial charge in [0.1, 0.15) is 30.3 Å². The minimum Gasteiger partial charge on any atom is -0.495 e. The molecule has 4 rings (SSSR count). The van der Waals surface area contributed by atoms with Crippen molar-refractivity contribution in [2.45, 2.75) is 6.61 Å². The molecule has 0 spiro atoms. The number of imide groups is 1. The van der Waals surface area contributed by atoms with Gasteiger partial charge in [0.15, 0.2) is 0 Å². The van der Waals surface area contributed by atoms with Crippen molar-refractivity contribution < 1.29 is 23.9 Å². The van der Waals surface area contributed by atoms with E-state index < -0.39 is 24.4 Å². The van der Waals surface area contributed by atoms with E-state index in [0.717, 1.165) is 10.5 Å². The molecule has 0 bridgehead atoms. The number of urea groups is 1. The number of methoxy groups -OCH3 is 1. The maximum atomic E-state index is 12.8. The highest BCUT2D eigenvalue weighted by Gasteiger charge is 2.35. The number of carbonyl (C=O) groups is 3. The molecule has 4 amide bonds. The van der Waals surface area contributed by atoms with Crippen molar-refractivity contribution in [2.24, 2.45) is 0 Å². The standard InChI is InChI=1S/C26H21BrClN3O5/c1-35-23-9-5-4-8-20(23)29-24(32)14-31-25(33)21(30-26(31)34)13-16-10-11-22(18(27)12-16)36-15-17-6-2-3-7-19(17)28/h2-13H,14-15H2,1H3,(H,29,32)(H,30,34)/b21-13+. The second-order valence-electron chi connectivity index (χ2n) is 7.70. The Morgan fingerprint density at radius 1 is 1.08 bits per heavy atom. The molecular formula is C26H21BrClN3O5. The first kappa shape index (κ1) is 25.3. The minimum atomic E-state index is -0.680. The highest BCUT2D eigenvalue weighted by Crippen LogP contribution is 2.29. The van der Waals surface area contributed by atoms with Crippen LogP contribution in [0.1, 0.15) is 11.1 Å². The quantitative estimate of drug-likeness (QED) is 0.286. The highest BCUT2D eigenvalue weighted by molar-refractivity contribution is 9.10. The number of benzene rings is 3. The molecule has 0 unspecified atom stereocenters. The normalized spacial score (nSPS) is 14.1. The smallest absolute Gasteiger partial charge is 0.329 e. The highest BCUT2D eigenvalue weighted by atomic mass is 79.9. The van der Waals surface area contributed by atoms with Gasteiger partial charge in [0.25, 0.3) is 5.91 Å². The van der Waals surface area contributed by atoms with Gasteiger partial charge in [-0.2, -0.15) is 0 Å². The third-order valence-electron chi connectivity index (χ3n) is 5.25. The number of anilines is 1. The zero-order valence-corrected chi connectivity index (χ0v) is 21.4. The Morgan fingerprint density at radius 3 is 2.58 bits per heavy atom. The van der Waals surface area contributed by atoms with Gasteiger partial charge < -0.3 is 20.1 Å². The van der Waals surface area contributed by atoms with Crippen LogP contribution in [0.4, 0.5) is 10.5 Å². The van der Waals surface area contributed by atoms with Crippen LogP contribution in [-0.2, 0) is 16.2 Å². The summed E-state index contributed by atoms with van der Waals surface area (Å²) in [4.78, 5) is 38.5. The number of nitrogens with zero attached hydrogens (tertiary/aromatic N) is 1. The number of amides is 4. The van der Waals surface area contributed by atoms with Gasteiger partial charge in [0.05, 0.1) is 17.3 Å². The van der Waals surface area contributed by atoms with Gasteiger partial charge in [-0.15, -0.1) is 0 Å². The Morgan fingerprint density at radius 2 is 1.83 bits per heavy atom. The summed E-state index contributed by atoms with van der Waals surface area (Å²) in [7, 11) is 1.48. The number of para-hydroxylation sites is 2. The largest absolute Gasteiger partial charge is 0.495 e. The Balaban J connectivity index is 1.41. The van der Waals surface area contributed by atoms with Crippen LogP contribution < -0.4 is 20.1 Å². The van der Waals surface area contributed by atoms with E-state index in [-0.39, 0.29) is 5.70 Å². The maximum absolute atomic E-state index is 12.8. The van der Waals surface area contributed by atoms with Gasteiger partial charge in [-0.25, -0.2) is 9.69 Å².